The number of nitrogens with zero attached hydrogens (tertiary/aromatic N) is 1. The average molecular weight is 178 g/mol. The molecule has 0 unspecified atom stereocenters. The van der Waals surface area contributed by atoms with Crippen LogP contribution in [0.3, 0.4) is 0 Å². The van der Waals surface area contributed by atoms with Crippen LogP contribution in [0, 0.1) is 0 Å². The van der Waals surface area contributed by atoms with E-state index in [9.17, 15) is 0 Å². The van der Waals surface area contributed by atoms with Gasteiger partial charge >= 0.3 is 0 Å². The van der Waals surface area contributed by atoms with Gasteiger partial charge in [0.15, 0.2) is 0 Å². The minimum Gasteiger partial charge on any atom is -0.324 e. The minimum atomic E-state index is 0.183. The van der Waals surface area contributed by atoms with E-state index < -0.39 is 0 Å². The van der Waals surface area contributed by atoms with E-state index in [4.69, 9.17) is 5.73 Å². The number of aryl methyl sites for hydroxylation is 1. The van der Waals surface area contributed by atoms with Crippen molar-refractivity contribution in [1.29, 1.82) is 0 Å². The van der Waals surface area contributed by atoms with Crippen molar-refractivity contribution in [2.24, 2.45) is 5.73 Å². The van der Waals surface area contributed by atoms with Crippen molar-refractivity contribution < 1.29 is 0 Å². The van der Waals surface area contributed by atoms with Crippen LogP contribution >= 0.6 is 0 Å². The molecule has 0 aliphatic heterocycles. The topological polar surface area (TPSA) is 38.9 Å². The number of rotatable bonds is 4. The molecular weight excluding hydrogens is 160 g/mol. The fourth-order valence-electron chi connectivity index (χ4n) is 1.56. The normalized spacial score (nSPS) is 12.8. The van der Waals surface area contributed by atoms with Gasteiger partial charge in [0.2, 0.25) is 0 Å². The summed E-state index contributed by atoms with van der Waals surface area (Å²) < 4.78 is 0. The third-order valence-corrected chi connectivity index (χ3v) is 2.32. The Labute approximate surface area is 80.2 Å². The Morgan fingerprint density at radius 2 is 2.23 bits per heavy atom. The number of pyridine rings is 1. The van der Waals surface area contributed by atoms with E-state index in [1.54, 1.807) is 0 Å². The molecule has 0 fully saturated rings. The Morgan fingerprint density at radius 3 is 2.85 bits per heavy atom. The Hall–Kier alpha value is -0.890. The van der Waals surface area contributed by atoms with Gasteiger partial charge in [0.05, 0.1) is 0 Å². The smallest absolute Gasteiger partial charge is 0.0303 e. The second kappa shape index (κ2) is 4.97. The molecule has 0 amide bonds. The summed E-state index contributed by atoms with van der Waals surface area (Å²) in [4.78, 5) is 4.10. The average Bonchev–Trinajstić information content (AvgIpc) is 2.18. The molecule has 1 rings (SSSR count). The molecule has 72 valence electrons. The van der Waals surface area contributed by atoms with Gasteiger partial charge in [0, 0.05) is 18.4 Å². The van der Waals surface area contributed by atoms with Crippen molar-refractivity contribution >= 4 is 0 Å². The van der Waals surface area contributed by atoms with Gasteiger partial charge < -0.3 is 5.73 Å². The van der Waals surface area contributed by atoms with E-state index in [-0.39, 0.29) is 6.04 Å². The van der Waals surface area contributed by atoms with E-state index in [0.29, 0.717) is 0 Å². The highest BCUT2D eigenvalue weighted by molar-refractivity contribution is 5.26. The quantitative estimate of drug-likeness (QED) is 0.769. The predicted molar refractivity (Wildman–Crippen MR) is 55.5 cm³/mol. The highest BCUT2D eigenvalue weighted by atomic mass is 14.7. The Balaban J connectivity index is 2.85. The largest absolute Gasteiger partial charge is 0.324 e. The molecular formula is C11H18N2. The van der Waals surface area contributed by atoms with E-state index in [1.165, 1.54) is 11.1 Å². The van der Waals surface area contributed by atoms with Crippen LogP contribution in [-0.2, 0) is 6.42 Å². The maximum Gasteiger partial charge on any atom is 0.0303 e. The highest BCUT2D eigenvalue weighted by Gasteiger charge is 2.08. The summed E-state index contributed by atoms with van der Waals surface area (Å²) in [6, 6.07) is 2.22. The van der Waals surface area contributed by atoms with E-state index in [2.05, 4.69) is 18.8 Å². The third-order valence-electron chi connectivity index (χ3n) is 2.32. The van der Waals surface area contributed by atoms with Crippen molar-refractivity contribution in [3.05, 3.63) is 29.6 Å². The van der Waals surface area contributed by atoms with Crippen molar-refractivity contribution in [3.63, 3.8) is 0 Å². The summed E-state index contributed by atoms with van der Waals surface area (Å²) in [5.74, 6) is 0. The lowest BCUT2D eigenvalue weighted by Crippen LogP contribution is -2.12. The van der Waals surface area contributed by atoms with E-state index in [1.807, 2.05) is 18.5 Å². The van der Waals surface area contributed by atoms with Gasteiger partial charge in [0.25, 0.3) is 0 Å². The molecule has 0 saturated heterocycles. The molecule has 2 heteroatoms. The van der Waals surface area contributed by atoms with Crippen LogP contribution in [0.25, 0.3) is 0 Å². The molecule has 13 heavy (non-hydrogen) atoms. The Bertz CT molecular complexity index is 258. The van der Waals surface area contributed by atoms with Crippen LogP contribution in [0.2, 0.25) is 0 Å². The molecule has 0 aromatic carbocycles. The molecule has 0 aliphatic rings. The van der Waals surface area contributed by atoms with Gasteiger partial charge in [-0.3, -0.25) is 4.98 Å². The minimum absolute atomic E-state index is 0.183. The highest BCUT2D eigenvalue weighted by Crippen LogP contribution is 2.19. The molecule has 0 spiro atoms. The number of hydrogen-bond acceptors (Lipinski definition) is 2. The first-order valence-electron chi connectivity index (χ1n) is 4.98. The van der Waals surface area contributed by atoms with Crippen LogP contribution in [0.1, 0.15) is 43.9 Å². The summed E-state index contributed by atoms with van der Waals surface area (Å²) in [6.45, 7) is 4.30. The van der Waals surface area contributed by atoms with Crippen LogP contribution < -0.4 is 5.73 Å². The molecule has 0 radical (unpaired) electrons. The first kappa shape index (κ1) is 10.2. The predicted octanol–water partition coefficient (Wildman–Crippen LogP) is 2.44. The molecule has 1 atom stereocenters. The van der Waals surface area contributed by atoms with Gasteiger partial charge in [-0.2, -0.15) is 0 Å². The Kier molecular flexibility index (Phi) is 3.90. The SMILES string of the molecule is CCC[C@@H](N)c1ccncc1CC. The lowest BCUT2D eigenvalue weighted by molar-refractivity contribution is 0.631. The van der Waals surface area contributed by atoms with Crippen LogP contribution in [0.5, 0.6) is 0 Å². The van der Waals surface area contributed by atoms with Crippen molar-refractivity contribution in [2.45, 2.75) is 39.2 Å². The monoisotopic (exact) mass is 178 g/mol. The molecule has 1 aromatic heterocycles. The van der Waals surface area contributed by atoms with Crippen LogP contribution in [0.4, 0.5) is 0 Å². The zero-order chi connectivity index (χ0) is 9.68. The summed E-state index contributed by atoms with van der Waals surface area (Å²) in [5.41, 5.74) is 8.60. The summed E-state index contributed by atoms with van der Waals surface area (Å²) in [6.07, 6.45) is 6.94. The second-order valence-electron chi connectivity index (χ2n) is 3.32. The maximum atomic E-state index is 6.05. The standard InChI is InChI=1S/C11H18N2/c1-3-5-11(12)10-6-7-13-8-9(10)4-2/h6-8,11H,3-5,12H2,1-2H3/t11-/m1/s1. The first-order valence-corrected chi connectivity index (χ1v) is 4.98. The zero-order valence-corrected chi connectivity index (χ0v) is 8.46. The second-order valence-corrected chi connectivity index (χ2v) is 3.32. The van der Waals surface area contributed by atoms with Crippen molar-refractivity contribution in [1.82, 2.24) is 4.98 Å². The van der Waals surface area contributed by atoms with E-state index in [0.717, 1.165) is 19.3 Å². The van der Waals surface area contributed by atoms with Gasteiger partial charge in [-0.05, 0) is 30.0 Å². The number of aromatic nitrogens is 1. The van der Waals surface area contributed by atoms with Crippen LogP contribution in [0.15, 0.2) is 18.5 Å². The lowest BCUT2D eigenvalue weighted by atomic mass is 9.98. The molecule has 0 saturated carbocycles. The molecule has 1 aromatic rings. The molecule has 2 nitrogen and oxygen atoms in total. The van der Waals surface area contributed by atoms with Gasteiger partial charge in [0.1, 0.15) is 0 Å². The third kappa shape index (κ3) is 2.52. The maximum absolute atomic E-state index is 6.05. The van der Waals surface area contributed by atoms with Gasteiger partial charge in [-0.1, -0.05) is 20.3 Å². The Morgan fingerprint density at radius 1 is 1.46 bits per heavy atom. The van der Waals surface area contributed by atoms with Crippen LogP contribution in [-0.4, -0.2) is 4.98 Å². The van der Waals surface area contributed by atoms with Crippen molar-refractivity contribution in [2.75, 3.05) is 0 Å². The first-order chi connectivity index (χ1) is 6.29. The molecule has 1 heterocycles. The summed E-state index contributed by atoms with van der Waals surface area (Å²) >= 11 is 0. The lowest BCUT2D eigenvalue weighted by Gasteiger charge is -2.13. The van der Waals surface area contributed by atoms with E-state index >= 15 is 0 Å². The number of hydrogen-bond donors (Lipinski definition) is 1. The van der Waals surface area contributed by atoms with Gasteiger partial charge in [-0.15, -0.1) is 0 Å². The van der Waals surface area contributed by atoms with Crippen molar-refractivity contribution in [3.8, 4) is 0 Å². The van der Waals surface area contributed by atoms with Gasteiger partial charge in [-0.25, -0.2) is 0 Å². The molecule has 2 N–H and O–H groups in total. The summed E-state index contributed by atoms with van der Waals surface area (Å²) in [5, 5.41) is 0. The zero-order valence-electron chi connectivity index (χ0n) is 8.46. The summed E-state index contributed by atoms with van der Waals surface area (Å²) in [7, 11) is 0. The fraction of sp³-hybridized carbons (Fsp3) is 0.545. The molecule has 0 bridgehead atoms. The molecule has 0 aliphatic carbocycles. The number of nitrogens with two attached hydrogens (primary N) is 1. The fourth-order valence-corrected chi connectivity index (χ4v) is 1.56.